The molecule has 0 saturated carbocycles. The maximum Gasteiger partial charge on any atom is 0.257 e. The number of hydrogen-bond acceptors (Lipinski definition) is 4. The van der Waals surface area contributed by atoms with Gasteiger partial charge in [-0.1, -0.05) is 13.8 Å². The number of carbonyl (C=O) groups excluding carboxylic acids is 1. The average Bonchev–Trinajstić information content (AvgIpc) is 3.43. The van der Waals surface area contributed by atoms with Gasteiger partial charge in [-0.05, 0) is 61.2 Å². The Hall–Kier alpha value is -2.84. The number of sulfonamides is 1. The van der Waals surface area contributed by atoms with E-state index in [1.807, 2.05) is 24.3 Å². The fourth-order valence-electron chi connectivity index (χ4n) is 4.33. The van der Waals surface area contributed by atoms with Crippen LogP contribution in [0.5, 0.6) is 0 Å². The Morgan fingerprint density at radius 2 is 1.79 bits per heavy atom. The summed E-state index contributed by atoms with van der Waals surface area (Å²) in [5.74, 6) is 0.225. The summed E-state index contributed by atoms with van der Waals surface area (Å²) in [7, 11) is -0.670. The van der Waals surface area contributed by atoms with Crippen molar-refractivity contribution in [2.45, 2.75) is 38.1 Å². The van der Waals surface area contributed by atoms with Crippen LogP contribution in [0.4, 0.5) is 11.4 Å². The van der Waals surface area contributed by atoms with Crippen LogP contribution in [-0.4, -0.2) is 50.4 Å². The molecule has 0 unspecified atom stereocenters. The molecule has 3 aromatic rings. The Balaban J connectivity index is 1.67. The molecule has 1 saturated heterocycles. The van der Waals surface area contributed by atoms with Crippen molar-refractivity contribution < 1.29 is 13.2 Å². The summed E-state index contributed by atoms with van der Waals surface area (Å²) in [5, 5.41) is 4.04. The predicted octanol–water partition coefficient (Wildman–Crippen LogP) is 4.40. The van der Waals surface area contributed by atoms with E-state index in [1.165, 1.54) is 20.2 Å². The van der Waals surface area contributed by atoms with Gasteiger partial charge in [0.25, 0.3) is 5.91 Å². The largest absolute Gasteiger partial charge is 0.371 e. The molecule has 33 heavy (non-hydrogen) atoms. The molecule has 4 rings (SSSR count). The molecule has 1 amide bonds. The summed E-state index contributed by atoms with van der Waals surface area (Å²) < 4.78 is 28.8. The van der Waals surface area contributed by atoms with E-state index in [9.17, 15) is 13.2 Å². The summed E-state index contributed by atoms with van der Waals surface area (Å²) in [6, 6.07) is 12.8. The molecule has 1 fully saturated rings. The van der Waals surface area contributed by atoms with Gasteiger partial charge in [-0.2, -0.15) is 0 Å². The smallest absolute Gasteiger partial charge is 0.257 e. The number of nitrogens with zero attached hydrogens (tertiary/aromatic N) is 3. The van der Waals surface area contributed by atoms with Gasteiger partial charge in [-0.3, -0.25) is 4.79 Å². The Kier molecular flexibility index (Phi) is 6.50. The summed E-state index contributed by atoms with van der Waals surface area (Å²) >= 11 is 0. The zero-order valence-corrected chi connectivity index (χ0v) is 20.5. The lowest BCUT2D eigenvalue weighted by molar-refractivity contribution is 0.102. The Morgan fingerprint density at radius 3 is 2.45 bits per heavy atom. The van der Waals surface area contributed by atoms with Crippen LogP contribution < -0.4 is 10.2 Å². The van der Waals surface area contributed by atoms with Gasteiger partial charge in [0.2, 0.25) is 10.0 Å². The first-order valence-corrected chi connectivity index (χ1v) is 12.8. The molecule has 7 nitrogen and oxygen atoms in total. The van der Waals surface area contributed by atoms with Gasteiger partial charge in [0.05, 0.1) is 10.5 Å². The van der Waals surface area contributed by atoms with E-state index >= 15 is 0 Å². The number of fused-ring (bicyclic) bond motifs is 1. The number of rotatable bonds is 7. The maximum atomic E-state index is 13.4. The maximum absolute atomic E-state index is 13.4. The van der Waals surface area contributed by atoms with Crippen molar-refractivity contribution in [2.75, 3.05) is 37.4 Å². The number of benzene rings is 2. The van der Waals surface area contributed by atoms with E-state index in [0.29, 0.717) is 17.2 Å². The number of hydrogen-bond donors (Lipinski definition) is 1. The Morgan fingerprint density at radius 1 is 1.06 bits per heavy atom. The highest BCUT2D eigenvalue weighted by molar-refractivity contribution is 7.89. The number of aromatic nitrogens is 1. The molecule has 1 N–H and O–H groups in total. The summed E-state index contributed by atoms with van der Waals surface area (Å²) in [5.41, 5.74) is 2.95. The topological polar surface area (TPSA) is 74.6 Å². The van der Waals surface area contributed by atoms with Gasteiger partial charge >= 0.3 is 0 Å². The molecule has 2 aromatic carbocycles. The molecular formula is C25H32N4O3S. The molecule has 1 aliphatic heterocycles. The lowest BCUT2D eigenvalue weighted by atomic mass is 10.1. The molecule has 8 heteroatoms. The molecule has 1 aromatic heterocycles. The summed E-state index contributed by atoms with van der Waals surface area (Å²) in [4.78, 5) is 15.6. The van der Waals surface area contributed by atoms with Crippen LogP contribution in [0.25, 0.3) is 10.9 Å². The third-order valence-corrected chi connectivity index (χ3v) is 7.84. The summed E-state index contributed by atoms with van der Waals surface area (Å²) in [6.07, 6.45) is 4.18. The highest BCUT2D eigenvalue weighted by Gasteiger charge is 2.24. The fraction of sp³-hybridized carbons (Fsp3) is 0.400. The van der Waals surface area contributed by atoms with Gasteiger partial charge in [0.15, 0.2) is 0 Å². The highest BCUT2D eigenvalue weighted by Crippen LogP contribution is 2.29. The van der Waals surface area contributed by atoms with Crippen molar-refractivity contribution >= 4 is 38.2 Å². The lowest BCUT2D eigenvalue weighted by Gasteiger charge is -2.22. The van der Waals surface area contributed by atoms with Gasteiger partial charge in [-0.15, -0.1) is 0 Å². The van der Waals surface area contributed by atoms with Crippen LogP contribution in [-0.2, 0) is 16.6 Å². The molecule has 0 radical (unpaired) electrons. The highest BCUT2D eigenvalue weighted by atomic mass is 32.2. The fourth-order valence-corrected chi connectivity index (χ4v) is 5.26. The zero-order chi connectivity index (χ0) is 23.8. The van der Waals surface area contributed by atoms with E-state index in [-0.39, 0.29) is 10.8 Å². The van der Waals surface area contributed by atoms with Crippen LogP contribution in [0.15, 0.2) is 53.6 Å². The van der Waals surface area contributed by atoms with E-state index in [4.69, 9.17) is 0 Å². The van der Waals surface area contributed by atoms with Gasteiger partial charge in [-0.25, -0.2) is 12.7 Å². The van der Waals surface area contributed by atoms with Crippen LogP contribution in [0.3, 0.4) is 0 Å². The second kappa shape index (κ2) is 9.19. The third-order valence-electron chi connectivity index (χ3n) is 6.03. The minimum Gasteiger partial charge on any atom is -0.371 e. The standard InChI is InChI=1S/C25H32N4O3S/c1-18(2)17-29-14-11-19-15-20(7-9-23(19)29)26-25(30)22-16-21(33(31,32)27(3)4)8-10-24(22)28-12-5-6-13-28/h7-11,14-16,18H,5-6,12-13,17H2,1-4H3,(H,26,30). The minimum absolute atomic E-state index is 0.113. The van der Waals surface area contributed by atoms with Crippen molar-refractivity contribution in [1.29, 1.82) is 0 Å². The molecule has 176 valence electrons. The van der Waals surface area contributed by atoms with Gasteiger partial charge < -0.3 is 14.8 Å². The molecule has 0 aliphatic carbocycles. The molecule has 0 atom stereocenters. The monoisotopic (exact) mass is 468 g/mol. The van der Waals surface area contributed by atoms with Crippen molar-refractivity contribution in [3.63, 3.8) is 0 Å². The minimum atomic E-state index is -3.65. The van der Waals surface area contributed by atoms with Crippen LogP contribution in [0.1, 0.15) is 37.0 Å². The Labute approximate surface area is 196 Å². The average molecular weight is 469 g/mol. The van der Waals surface area contributed by atoms with Crippen molar-refractivity contribution in [3.8, 4) is 0 Å². The van der Waals surface area contributed by atoms with E-state index in [2.05, 4.69) is 34.8 Å². The molecule has 0 bridgehead atoms. The van der Waals surface area contributed by atoms with E-state index < -0.39 is 10.0 Å². The quantitative estimate of drug-likeness (QED) is 0.558. The van der Waals surface area contributed by atoms with Crippen LogP contribution in [0.2, 0.25) is 0 Å². The summed E-state index contributed by atoms with van der Waals surface area (Å²) in [6.45, 7) is 7.01. The zero-order valence-electron chi connectivity index (χ0n) is 19.7. The SMILES string of the molecule is CC(C)Cn1ccc2cc(NC(=O)c3cc(S(=O)(=O)N(C)C)ccc3N3CCCC3)ccc21. The Bertz CT molecular complexity index is 1270. The number of carbonyl (C=O) groups is 1. The van der Waals surface area contributed by atoms with Gasteiger partial charge in [0, 0.05) is 62.2 Å². The predicted molar refractivity (Wildman–Crippen MR) is 133 cm³/mol. The molecular weight excluding hydrogens is 436 g/mol. The molecule has 2 heterocycles. The van der Waals surface area contributed by atoms with E-state index in [1.54, 1.807) is 12.1 Å². The lowest BCUT2D eigenvalue weighted by Crippen LogP contribution is -2.25. The van der Waals surface area contributed by atoms with Gasteiger partial charge in [0.1, 0.15) is 0 Å². The second-order valence-electron chi connectivity index (χ2n) is 9.25. The second-order valence-corrected chi connectivity index (χ2v) is 11.4. The van der Waals surface area contributed by atoms with Crippen molar-refractivity contribution in [3.05, 3.63) is 54.2 Å². The first-order valence-electron chi connectivity index (χ1n) is 11.4. The first kappa shape index (κ1) is 23.3. The molecule has 1 aliphatic rings. The first-order chi connectivity index (χ1) is 15.7. The third kappa shape index (κ3) is 4.77. The van der Waals surface area contributed by atoms with Crippen LogP contribution in [0, 0.1) is 5.92 Å². The number of nitrogens with one attached hydrogen (secondary N) is 1. The normalized spacial score (nSPS) is 14.5. The van der Waals surface area contributed by atoms with Crippen molar-refractivity contribution in [2.24, 2.45) is 5.92 Å². The molecule has 0 spiro atoms. The number of anilines is 2. The van der Waals surface area contributed by atoms with Crippen LogP contribution >= 0.6 is 0 Å². The van der Waals surface area contributed by atoms with Crippen molar-refractivity contribution in [1.82, 2.24) is 8.87 Å². The number of amides is 1. The van der Waals surface area contributed by atoms with E-state index in [0.717, 1.165) is 53.4 Å².